The number of anilines is 1. The molecule has 0 radical (unpaired) electrons. The van der Waals surface area contributed by atoms with Crippen LogP contribution < -0.4 is 4.90 Å². The van der Waals surface area contributed by atoms with E-state index in [9.17, 15) is 8.42 Å². The molecule has 1 aromatic carbocycles. The maximum atomic E-state index is 13.2. The molecular weight excluding hydrogens is 418 g/mol. The van der Waals surface area contributed by atoms with Crippen LogP contribution in [0.15, 0.2) is 45.8 Å². The summed E-state index contributed by atoms with van der Waals surface area (Å²) in [7, 11) is -3.56. The van der Waals surface area contributed by atoms with Crippen molar-refractivity contribution in [3.8, 4) is 10.6 Å². The van der Waals surface area contributed by atoms with Crippen LogP contribution in [-0.2, 0) is 10.0 Å². The highest BCUT2D eigenvalue weighted by molar-refractivity contribution is 7.89. The van der Waals surface area contributed by atoms with E-state index in [1.54, 1.807) is 10.4 Å². The Morgan fingerprint density at radius 3 is 2.50 bits per heavy atom. The fourth-order valence-corrected chi connectivity index (χ4v) is 6.44. The Morgan fingerprint density at radius 2 is 1.86 bits per heavy atom. The second-order valence-electron chi connectivity index (χ2n) is 6.73. The standard InChI is InChI=1S/C19H20ClN3O3S2/c1-13-10-17(26-21-13)18-12-19(14(2)27-18)28(24,25)23-8-6-22(7-9-23)16-5-3-4-15(20)11-16/h3-5,10-12H,6-9H2,1-2H3. The molecule has 0 saturated carbocycles. The van der Waals surface area contributed by atoms with E-state index in [1.807, 2.05) is 44.2 Å². The van der Waals surface area contributed by atoms with E-state index in [2.05, 4.69) is 10.1 Å². The third-order valence-corrected chi connectivity index (χ3v) is 8.23. The zero-order valence-electron chi connectivity index (χ0n) is 15.6. The molecule has 3 aromatic rings. The number of rotatable bonds is 4. The Kier molecular flexibility index (Phi) is 5.22. The molecule has 1 aliphatic rings. The third kappa shape index (κ3) is 3.69. The maximum Gasteiger partial charge on any atom is 0.244 e. The van der Waals surface area contributed by atoms with Gasteiger partial charge in [0.2, 0.25) is 10.0 Å². The number of hydrogen-bond acceptors (Lipinski definition) is 6. The van der Waals surface area contributed by atoms with Gasteiger partial charge in [0.25, 0.3) is 0 Å². The van der Waals surface area contributed by atoms with Gasteiger partial charge in [-0.3, -0.25) is 0 Å². The molecule has 0 atom stereocenters. The monoisotopic (exact) mass is 437 g/mol. The van der Waals surface area contributed by atoms with Crippen LogP contribution in [0.2, 0.25) is 5.02 Å². The number of piperazine rings is 1. The van der Waals surface area contributed by atoms with Gasteiger partial charge >= 0.3 is 0 Å². The number of aryl methyl sites for hydroxylation is 2. The number of thiophene rings is 1. The van der Waals surface area contributed by atoms with Crippen LogP contribution in [0.4, 0.5) is 5.69 Å². The summed E-state index contributed by atoms with van der Waals surface area (Å²) in [6.07, 6.45) is 0. The van der Waals surface area contributed by atoms with Crippen molar-refractivity contribution < 1.29 is 12.9 Å². The van der Waals surface area contributed by atoms with Gasteiger partial charge in [-0.15, -0.1) is 11.3 Å². The highest BCUT2D eigenvalue weighted by atomic mass is 35.5. The molecule has 2 aromatic heterocycles. The molecule has 1 fully saturated rings. The Hall–Kier alpha value is -1.87. The van der Waals surface area contributed by atoms with E-state index in [0.29, 0.717) is 41.9 Å². The van der Waals surface area contributed by atoms with Gasteiger partial charge in [-0.2, -0.15) is 4.31 Å². The Morgan fingerprint density at radius 1 is 1.11 bits per heavy atom. The van der Waals surface area contributed by atoms with Gasteiger partial charge in [-0.1, -0.05) is 22.8 Å². The molecule has 0 aliphatic carbocycles. The molecular formula is C19H20ClN3O3S2. The van der Waals surface area contributed by atoms with Crippen molar-refractivity contribution in [1.29, 1.82) is 0 Å². The van der Waals surface area contributed by atoms with Crippen molar-refractivity contribution in [2.75, 3.05) is 31.1 Å². The lowest BCUT2D eigenvalue weighted by molar-refractivity contribution is 0.385. The predicted molar refractivity (Wildman–Crippen MR) is 112 cm³/mol. The van der Waals surface area contributed by atoms with E-state index in [0.717, 1.165) is 21.1 Å². The average molecular weight is 438 g/mol. The smallest absolute Gasteiger partial charge is 0.244 e. The van der Waals surface area contributed by atoms with Crippen LogP contribution in [0.1, 0.15) is 10.6 Å². The van der Waals surface area contributed by atoms with E-state index in [4.69, 9.17) is 16.1 Å². The lowest BCUT2D eigenvalue weighted by atomic mass is 10.2. The molecule has 0 unspecified atom stereocenters. The van der Waals surface area contributed by atoms with Crippen LogP contribution in [0.25, 0.3) is 10.6 Å². The SMILES string of the molecule is Cc1cc(-c2cc(S(=O)(=O)N3CCN(c4cccc(Cl)c4)CC3)c(C)s2)on1. The van der Waals surface area contributed by atoms with Gasteiger partial charge in [-0.25, -0.2) is 8.42 Å². The first-order valence-corrected chi connectivity index (χ1v) is 11.5. The largest absolute Gasteiger partial charge is 0.369 e. The van der Waals surface area contributed by atoms with Crippen LogP contribution in [0, 0.1) is 13.8 Å². The number of benzene rings is 1. The van der Waals surface area contributed by atoms with Gasteiger partial charge in [-0.05, 0) is 38.1 Å². The molecule has 0 spiro atoms. The second kappa shape index (κ2) is 7.51. The predicted octanol–water partition coefficient (Wildman–Crippen LogP) is 4.18. The molecule has 28 heavy (non-hydrogen) atoms. The first kappa shape index (κ1) is 19.4. The van der Waals surface area contributed by atoms with Crippen LogP contribution in [0.3, 0.4) is 0 Å². The maximum absolute atomic E-state index is 13.2. The molecule has 3 heterocycles. The lowest BCUT2D eigenvalue weighted by Gasteiger charge is -2.35. The van der Waals surface area contributed by atoms with Gasteiger partial charge in [0.05, 0.1) is 15.5 Å². The molecule has 6 nitrogen and oxygen atoms in total. The first-order chi connectivity index (χ1) is 13.3. The van der Waals surface area contributed by atoms with Gasteiger partial charge in [0, 0.05) is 47.8 Å². The molecule has 0 N–H and O–H groups in total. The number of hydrogen-bond donors (Lipinski definition) is 0. The van der Waals surface area contributed by atoms with Crippen LogP contribution in [-0.4, -0.2) is 44.1 Å². The highest BCUT2D eigenvalue weighted by Crippen LogP contribution is 2.35. The molecule has 0 bridgehead atoms. The van der Waals surface area contributed by atoms with E-state index < -0.39 is 10.0 Å². The van der Waals surface area contributed by atoms with Crippen LogP contribution in [0.5, 0.6) is 0 Å². The Labute approximate surface area is 173 Å². The van der Waals surface area contributed by atoms with E-state index in [1.165, 1.54) is 11.3 Å². The summed E-state index contributed by atoms with van der Waals surface area (Å²) in [6, 6.07) is 11.1. The second-order valence-corrected chi connectivity index (χ2v) is 10.3. The molecule has 1 saturated heterocycles. The zero-order chi connectivity index (χ0) is 19.9. The summed E-state index contributed by atoms with van der Waals surface area (Å²) in [6.45, 7) is 5.77. The molecule has 148 valence electrons. The summed E-state index contributed by atoms with van der Waals surface area (Å²) in [5.41, 5.74) is 1.78. The number of nitrogens with zero attached hydrogens (tertiary/aromatic N) is 3. The van der Waals surface area contributed by atoms with Crippen molar-refractivity contribution >= 4 is 38.6 Å². The average Bonchev–Trinajstić information content (AvgIpc) is 3.28. The molecule has 9 heteroatoms. The summed E-state index contributed by atoms with van der Waals surface area (Å²) in [5.74, 6) is 0.595. The number of halogens is 1. The quantitative estimate of drug-likeness (QED) is 0.612. The zero-order valence-corrected chi connectivity index (χ0v) is 17.9. The van der Waals surface area contributed by atoms with Crippen molar-refractivity contribution in [3.05, 3.63) is 52.0 Å². The van der Waals surface area contributed by atoms with Crippen molar-refractivity contribution in [3.63, 3.8) is 0 Å². The normalized spacial score (nSPS) is 15.9. The van der Waals surface area contributed by atoms with Gasteiger partial charge in [0.1, 0.15) is 0 Å². The minimum absolute atomic E-state index is 0.345. The molecule has 0 amide bonds. The Balaban J connectivity index is 1.53. The summed E-state index contributed by atoms with van der Waals surface area (Å²) in [4.78, 5) is 4.02. The minimum atomic E-state index is -3.56. The third-order valence-electron chi connectivity index (χ3n) is 4.77. The summed E-state index contributed by atoms with van der Waals surface area (Å²) in [5, 5.41) is 4.56. The van der Waals surface area contributed by atoms with Crippen molar-refractivity contribution in [2.45, 2.75) is 18.7 Å². The molecule has 1 aliphatic heterocycles. The van der Waals surface area contributed by atoms with Crippen molar-refractivity contribution in [1.82, 2.24) is 9.46 Å². The highest BCUT2D eigenvalue weighted by Gasteiger charge is 2.31. The summed E-state index contributed by atoms with van der Waals surface area (Å²) < 4.78 is 33.2. The van der Waals surface area contributed by atoms with Gasteiger partial charge in [0.15, 0.2) is 5.76 Å². The number of aromatic nitrogens is 1. The van der Waals surface area contributed by atoms with E-state index in [-0.39, 0.29) is 0 Å². The topological polar surface area (TPSA) is 66.7 Å². The first-order valence-electron chi connectivity index (χ1n) is 8.89. The van der Waals surface area contributed by atoms with Crippen molar-refractivity contribution in [2.24, 2.45) is 0 Å². The Bertz CT molecular complexity index is 1100. The lowest BCUT2D eigenvalue weighted by Crippen LogP contribution is -2.48. The van der Waals surface area contributed by atoms with Crippen LogP contribution >= 0.6 is 22.9 Å². The van der Waals surface area contributed by atoms with E-state index >= 15 is 0 Å². The fourth-order valence-electron chi connectivity index (χ4n) is 3.32. The minimum Gasteiger partial charge on any atom is -0.369 e. The summed E-state index contributed by atoms with van der Waals surface area (Å²) >= 11 is 7.48. The molecule has 4 rings (SSSR count). The fraction of sp³-hybridized carbons (Fsp3) is 0.316. The number of sulfonamides is 1. The van der Waals surface area contributed by atoms with Gasteiger partial charge < -0.3 is 9.42 Å².